The van der Waals surface area contributed by atoms with Crippen molar-refractivity contribution in [1.29, 1.82) is 0 Å². The van der Waals surface area contributed by atoms with Crippen LogP contribution in [-0.4, -0.2) is 24.8 Å². The van der Waals surface area contributed by atoms with Crippen LogP contribution in [0.3, 0.4) is 0 Å². The molecule has 24 heavy (non-hydrogen) atoms. The standard InChI is InChI=1S/C17H14N2O4S/c1-9-3-5-12(21-2)14-15(9)24-17(18-14)19-16(20)10-4-6-11-13(7-10)23-8-22-11/h3-7H,8H2,1-2H3,(H,18,19,20). The number of thiazole rings is 1. The van der Waals surface area contributed by atoms with Crippen LogP contribution in [0.25, 0.3) is 10.2 Å². The second-order valence-corrected chi connectivity index (χ2v) is 6.30. The number of fused-ring (bicyclic) bond motifs is 2. The Hall–Kier alpha value is -2.80. The highest BCUT2D eigenvalue weighted by molar-refractivity contribution is 7.22. The summed E-state index contributed by atoms with van der Waals surface area (Å²) in [5.41, 5.74) is 2.33. The maximum atomic E-state index is 12.5. The summed E-state index contributed by atoms with van der Waals surface area (Å²) in [7, 11) is 1.61. The third-order valence-corrected chi connectivity index (χ3v) is 4.88. The minimum atomic E-state index is -0.246. The molecule has 0 saturated heterocycles. The molecule has 122 valence electrons. The van der Waals surface area contributed by atoms with Crippen molar-refractivity contribution < 1.29 is 19.0 Å². The van der Waals surface area contributed by atoms with Crippen molar-refractivity contribution in [3.05, 3.63) is 41.5 Å². The smallest absolute Gasteiger partial charge is 0.257 e. The van der Waals surface area contributed by atoms with Crippen LogP contribution in [0.15, 0.2) is 30.3 Å². The minimum Gasteiger partial charge on any atom is -0.494 e. The Morgan fingerprint density at radius 3 is 2.92 bits per heavy atom. The minimum absolute atomic E-state index is 0.178. The molecule has 0 atom stereocenters. The summed E-state index contributed by atoms with van der Waals surface area (Å²) in [6, 6.07) is 8.94. The number of anilines is 1. The summed E-state index contributed by atoms with van der Waals surface area (Å²) in [5, 5.41) is 3.36. The maximum Gasteiger partial charge on any atom is 0.257 e. The van der Waals surface area contributed by atoms with Gasteiger partial charge in [0.2, 0.25) is 6.79 Å². The van der Waals surface area contributed by atoms with E-state index in [0.29, 0.717) is 27.9 Å². The fraction of sp³-hybridized carbons (Fsp3) is 0.176. The second kappa shape index (κ2) is 5.68. The Bertz CT molecular complexity index is 951. The largest absolute Gasteiger partial charge is 0.494 e. The van der Waals surface area contributed by atoms with Gasteiger partial charge in [-0.3, -0.25) is 10.1 Å². The summed E-state index contributed by atoms with van der Waals surface area (Å²) in [6.07, 6.45) is 0. The van der Waals surface area contributed by atoms with E-state index in [1.807, 2.05) is 19.1 Å². The van der Waals surface area contributed by atoms with Crippen LogP contribution >= 0.6 is 11.3 Å². The number of hydrogen-bond acceptors (Lipinski definition) is 6. The normalized spacial score (nSPS) is 12.4. The number of benzene rings is 2. The van der Waals surface area contributed by atoms with Gasteiger partial charge in [0.25, 0.3) is 5.91 Å². The number of carbonyl (C=O) groups excluding carboxylic acids is 1. The highest BCUT2D eigenvalue weighted by Crippen LogP contribution is 2.36. The van der Waals surface area contributed by atoms with Gasteiger partial charge in [-0.15, -0.1) is 0 Å². The zero-order valence-electron chi connectivity index (χ0n) is 13.1. The highest BCUT2D eigenvalue weighted by Gasteiger charge is 2.18. The van der Waals surface area contributed by atoms with Gasteiger partial charge in [-0.1, -0.05) is 17.4 Å². The van der Waals surface area contributed by atoms with E-state index in [-0.39, 0.29) is 12.7 Å². The number of methoxy groups -OCH3 is 1. The quantitative estimate of drug-likeness (QED) is 0.788. The van der Waals surface area contributed by atoms with Crippen LogP contribution in [0.1, 0.15) is 15.9 Å². The lowest BCUT2D eigenvalue weighted by atomic mass is 10.2. The number of aryl methyl sites for hydroxylation is 1. The number of ether oxygens (including phenoxy) is 3. The number of amides is 1. The molecule has 2 heterocycles. The van der Waals surface area contributed by atoms with Gasteiger partial charge < -0.3 is 14.2 Å². The summed E-state index contributed by atoms with van der Waals surface area (Å²) < 4.78 is 16.9. The number of hydrogen-bond donors (Lipinski definition) is 1. The first kappa shape index (κ1) is 14.8. The van der Waals surface area contributed by atoms with Gasteiger partial charge in [-0.2, -0.15) is 0 Å². The maximum absolute atomic E-state index is 12.5. The van der Waals surface area contributed by atoms with Crippen LogP contribution in [0.4, 0.5) is 5.13 Å². The zero-order valence-corrected chi connectivity index (χ0v) is 13.9. The molecule has 4 rings (SSSR count). The molecule has 1 aliphatic heterocycles. The van der Waals surface area contributed by atoms with Crippen LogP contribution in [0.5, 0.6) is 17.2 Å². The lowest BCUT2D eigenvalue weighted by molar-refractivity contribution is 0.102. The molecule has 1 amide bonds. The molecule has 0 aliphatic carbocycles. The molecule has 3 aromatic rings. The highest BCUT2D eigenvalue weighted by atomic mass is 32.1. The molecular weight excluding hydrogens is 328 g/mol. The average Bonchev–Trinajstić information content (AvgIpc) is 3.21. The Kier molecular flexibility index (Phi) is 3.50. The molecule has 1 aromatic heterocycles. The molecule has 2 aromatic carbocycles. The fourth-order valence-corrected chi connectivity index (χ4v) is 3.48. The number of nitrogens with one attached hydrogen (secondary N) is 1. The lowest BCUT2D eigenvalue weighted by Gasteiger charge is -2.03. The number of rotatable bonds is 3. The van der Waals surface area contributed by atoms with Crippen molar-refractivity contribution in [1.82, 2.24) is 4.98 Å². The van der Waals surface area contributed by atoms with E-state index < -0.39 is 0 Å². The van der Waals surface area contributed by atoms with E-state index in [4.69, 9.17) is 14.2 Å². The SMILES string of the molecule is COc1ccc(C)c2sc(NC(=O)c3ccc4c(c3)OCO4)nc12. The number of carbonyl (C=O) groups is 1. The van der Waals surface area contributed by atoms with Crippen LogP contribution in [0.2, 0.25) is 0 Å². The third-order valence-electron chi connectivity index (χ3n) is 3.78. The van der Waals surface area contributed by atoms with Crippen molar-refractivity contribution in [2.24, 2.45) is 0 Å². The summed E-state index contributed by atoms with van der Waals surface area (Å²) in [6.45, 7) is 2.18. The second-order valence-electron chi connectivity index (χ2n) is 5.30. The molecule has 6 nitrogen and oxygen atoms in total. The molecule has 1 N–H and O–H groups in total. The molecule has 0 bridgehead atoms. The van der Waals surface area contributed by atoms with Gasteiger partial charge in [0.15, 0.2) is 16.6 Å². The molecule has 7 heteroatoms. The molecule has 0 spiro atoms. The summed E-state index contributed by atoms with van der Waals surface area (Å²) in [5.74, 6) is 1.66. The predicted molar refractivity (Wildman–Crippen MR) is 91.4 cm³/mol. The van der Waals surface area contributed by atoms with Crippen molar-refractivity contribution in [2.45, 2.75) is 6.92 Å². The first-order chi connectivity index (χ1) is 11.7. The van der Waals surface area contributed by atoms with Crippen molar-refractivity contribution >= 4 is 32.6 Å². The monoisotopic (exact) mass is 342 g/mol. The van der Waals surface area contributed by atoms with Gasteiger partial charge in [0.05, 0.1) is 11.8 Å². The average molecular weight is 342 g/mol. The Labute approximate surface area is 142 Å². The van der Waals surface area contributed by atoms with Crippen molar-refractivity contribution in [2.75, 3.05) is 19.2 Å². The van der Waals surface area contributed by atoms with Crippen LogP contribution in [0, 0.1) is 6.92 Å². The van der Waals surface area contributed by atoms with E-state index >= 15 is 0 Å². The molecule has 1 aliphatic rings. The number of nitrogens with zero attached hydrogens (tertiary/aromatic N) is 1. The molecule has 0 fully saturated rings. The van der Waals surface area contributed by atoms with Crippen molar-refractivity contribution in [3.8, 4) is 17.2 Å². The van der Waals surface area contributed by atoms with E-state index in [1.165, 1.54) is 11.3 Å². The van der Waals surface area contributed by atoms with E-state index in [0.717, 1.165) is 15.8 Å². The first-order valence-corrected chi connectivity index (χ1v) is 8.12. The van der Waals surface area contributed by atoms with Crippen molar-refractivity contribution in [3.63, 3.8) is 0 Å². The van der Waals surface area contributed by atoms with Gasteiger partial charge in [-0.05, 0) is 36.8 Å². The Balaban J connectivity index is 1.64. The van der Waals surface area contributed by atoms with Gasteiger partial charge in [0, 0.05) is 5.56 Å². The Morgan fingerprint density at radius 2 is 2.08 bits per heavy atom. The zero-order chi connectivity index (χ0) is 16.7. The number of aromatic nitrogens is 1. The van der Waals surface area contributed by atoms with Crippen LogP contribution in [-0.2, 0) is 0 Å². The molecule has 0 radical (unpaired) electrons. The topological polar surface area (TPSA) is 69.7 Å². The van der Waals surface area contributed by atoms with Gasteiger partial charge >= 0.3 is 0 Å². The first-order valence-electron chi connectivity index (χ1n) is 7.31. The van der Waals surface area contributed by atoms with E-state index in [9.17, 15) is 4.79 Å². The van der Waals surface area contributed by atoms with E-state index in [1.54, 1.807) is 25.3 Å². The molecular formula is C17H14N2O4S. The molecule has 0 saturated carbocycles. The lowest BCUT2D eigenvalue weighted by Crippen LogP contribution is -2.11. The van der Waals surface area contributed by atoms with E-state index in [2.05, 4.69) is 10.3 Å². The van der Waals surface area contributed by atoms with Crippen LogP contribution < -0.4 is 19.5 Å². The predicted octanol–water partition coefficient (Wildman–Crippen LogP) is 3.59. The third kappa shape index (κ3) is 2.43. The van der Waals surface area contributed by atoms with Gasteiger partial charge in [0.1, 0.15) is 11.3 Å². The summed E-state index contributed by atoms with van der Waals surface area (Å²) >= 11 is 1.42. The fourth-order valence-electron chi connectivity index (χ4n) is 2.53. The Morgan fingerprint density at radius 1 is 1.25 bits per heavy atom. The molecule has 0 unspecified atom stereocenters. The van der Waals surface area contributed by atoms with Gasteiger partial charge in [-0.25, -0.2) is 4.98 Å². The summed E-state index contributed by atoms with van der Waals surface area (Å²) in [4.78, 5) is 16.9.